The molecule has 5 N–H and O–H groups in total. The molecular weight excluding hydrogens is 434 g/mol. The van der Waals surface area contributed by atoms with Gasteiger partial charge in [0.2, 0.25) is 15.9 Å². The summed E-state index contributed by atoms with van der Waals surface area (Å²) in [5.74, 6) is -0.221. The van der Waals surface area contributed by atoms with Gasteiger partial charge in [0.25, 0.3) is 0 Å². The number of carbonyl (C=O) groups is 2. The SMILES string of the molecule is C=C(C)OC(=O)NCCNS(=O)(=O)c1ccc(-c2ccnc3[nH]c(CC(N)=O)cc23)cc1. The fourth-order valence-electron chi connectivity index (χ4n) is 3.06. The van der Waals surface area contributed by atoms with Crippen LogP contribution in [0.15, 0.2) is 59.8 Å². The highest BCUT2D eigenvalue weighted by atomic mass is 32.2. The summed E-state index contributed by atoms with van der Waals surface area (Å²) in [7, 11) is -3.76. The van der Waals surface area contributed by atoms with Gasteiger partial charge in [-0.05, 0) is 42.3 Å². The lowest BCUT2D eigenvalue weighted by Gasteiger charge is -2.09. The summed E-state index contributed by atoms with van der Waals surface area (Å²) in [6.07, 6.45) is 0.993. The van der Waals surface area contributed by atoms with Gasteiger partial charge in [-0.1, -0.05) is 18.7 Å². The Hall–Kier alpha value is -3.70. The standard InChI is InChI=1S/C21H23N5O5S/c1-13(2)31-21(28)24-9-10-25-32(29,30)16-5-3-14(4-6-16)17-7-8-23-20-18(17)11-15(26-20)12-19(22)27/h3-8,11,25H,1,9-10,12H2,2H3,(H2,22,27)(H,23,26)(H,24,28). The Balaban J connectivity index is 1.70. The van der Waals surface area contributed by atoms with Gasteiger partial charge in [-0.3, -0.25) is 4.79 Å². The van der Waals surface area contributed by atoms with Crippen molar-refractivity contribution in [1.82, 2.24) is 20.0 Å². The smallest absolute Gasteiger partial charge is 0.412 e. The Morgan fingerprint density at radius 2 is 1.91 bits per heavy atom. The molecule has 1 aromatic carbocycles. The molecule has 168 valence electrons. The lowest BCUT2D eigenvalue weighted by atomic mass is 10.0. The minimum absolute atomic E-state index is 0.00760. The van der Waals surface area contributed by atoms with E-state index in [2.05, 4.69) is 26.6 Å². The third-order valence-electron chi connectivity index (χ3n) is 4.38. The van der Waals surface area contributed by atoms with Crippen molar-refractivity contribution in [3.05, 3.63) is 60.6 Å². The van der Waals surface area contributed by atoms with Crippen LogP contribution in [0.2, 0.25) is 0 Å². The number of pyridine rings is 1. The fraction of sp³-hybridized carbons (Fsp3) is 0.190. The molecule has 0 saturated carbocycles. The number of H-pyrrole nitrogens is 1. The molecule has 0 aliphatic rings. The molecule has 0 aliphatic heterocycles. The topological polar surface area (TPSA) is 156 Å². The van der Waals surface area contributed by atoms with Crippen LogP contribution in [0.5, 0.6) is 0 Å². The van der Waals surface area contributed by atoms with Crippen LogP contribution in [0.25, 0.3) is 22.2 Å². The summed E-state index contributed by atoms with van der Waals surface area (Å²) in [5.41, 5.74) is 8.13. The Morgan fingerprint density at radius 3 is 2.56 bits per heavy atom. The zero-order chi connectivity index (χ0) is 23.3. The number of benzene rings is 1. The van der Waals surface area contributed by atoms with E-state index in [0.717, 1.165) is 16.5 Å². The molecule has 0 radical (unpaired) electrons. The number of fused-ring (bicyclic) bond motifs is 1. The molecule has 3 aromatic rings. The third-order valence-corrected chi connectivity index (χ3v) is 5.86. The van der Waals surface area contributed by atoms with Crippen molar-refractivity contribution < 1.29 is 22.7 Å². The van der Waals surface area contributed by atoms with E-state index < -0.39 is 22.0 Å². The second kappa shape index (κ2) is 9.62. The highest BCUT2D eigenvalue weighted by Gasteiger charge is 2.15. The van der Waals surface area contributed by atoms with Gasteiger partial charge in [0.05, 0.1) is 17.1 Å². The van der Waals surface area contributed by atoms with Crippen LogP contribution < -0.4 is 15.8 Å². The fourth-order valence-corrected chi connectivity index (χ4v) is 4.09. The van der Waals surface area contributed by atoms with E-state index in [0.29, 0.717) is 11.3 Å². The molecule has 2 aromatic heterocycles. The van der Waals surface area contributed by atoms with Crippen molar-refractivity contribution in [2.24, 2.45) is 5.73 Å². The molecule has 32 heavy (non-hydrogen) atoms. The van der Waals surface area contributed by atoms with Crippen molar-refractivity contribution in [1.29, 1.82) is 0 Å². The Kier molecular flexibility index (Phi) is 6.91. The van der Waals surface area contributed by atoms with Crippen LogP contribution in [0, 0.1) is 0 Å². The number of nitrogens with one attached hydrogen (secondary N) is 3. The maximum absolute atomic E-state index is 12.5. The summed E-state index contributed by atoms with van der Waals surface area (Å²) >= 11 is 0. The quantitative estimate of drug-likeness (QED) is 0.283. The number of alkyl carbamates (subject to hydrolysis) is 1. The first-order valence-electron chi connectivity index (χ1n) is 9.62. The zero-order valence-electron chi connectivity index (χ0n) is 17.3. The highest BCUT2D eigenvalue weighted by Crippen LogP contribution is 2.29. The third kappa shape index (κ3) is 5.71. The first kappa shape index (κ1) is 23.0. The number of rotatable bonds is 9. The summed E-state index contributed by atoms with van der Waals surface area (Å²) in [4.78, 5) is 30.0. The molecule has 0 aliphatic carbocycles. The van der Waals surface area contributed by atoms with Gasteiger partial charge in [0.1, 0.15) is 5.65 Å². The maximum Gasteiger partial charge on any atom is 0.412 e. The van der Waals surface area contributed by atoms with Gasteiger partial charge in [-0.25, -0.2) is 22.9 Å². The van der Waals surface area contributed by atoms with Crippen molar-refractivity contribution in [2.75, 3.05) is 13.1 Å². The lowest BCUT2D eigenvalue weighted by molar-refractivity contribution is -0.117. The number of primary amides is 1. The molecule has 0 atom stereocenters. The molecule has 0 bridgehead atoms. The van der Waals surface area contributed by atoms with Crippen LogP contribution in [-0.2, 0) is 26.0 Å². The number of aromatic nitrogens is 2. The van der Waals surface area contributed by atoms with E-state index in [9.17, 15) is 18.0 Å². The second-order valence-electron chi connectivity index (χ2n) is 7.00. The van der Waals surface area contributed by atoms with Gasteiger partial charge < -0.3 is 20.8 Å². The number of sulfonamides is 1. The number of nitrogens with zero attached hydrogens (tertiary/aromatic N) is 1. The van der Waals surface area contributed by atoms with Crippen molar-refractivity contribution in [3.63, 3.8) is 0 Å². The Bertz CT molecular complexity index is 1270. The number of allylic oxidation sites excluding steroid dienone is 1. The zero-order valence-corrected chi connectivity index (χ0v) is 18.2. The minimum Gasteiger partial charge on any atom is -0.416 e. The van der Waals surface area contributed by atoms with E-state index in [1.54, 1.807) is 24.4 Å². The number of nitrogens with two attached hydrogens (primary N) is 1. The average Bonchev–Trinajstić information content (AvgIpc) is 3.12. The van der Waals surface area contributed by atoms with Gasteiger partial charge in [0.15, 0.2) is 0 Å². The lowest BCUT2D eigenvalue weighted by Crippen LogP contribution is -2.34. The monoisotopic (exact) mass is 457 g/mol. The summed E-state index contributed by atoms with van der Waals surface area (Å²) in [5, 5.41) is 3.21. The number of aromatic amines is 1. The van der Waals surface area contributed by atoms with Gasteiger partial charge >= 0.3 is 6.09 Å². The number of amides is 2. The molecule has 2 amide bonds. The molecule has 11 heteroatoms. The van der Waals surface area contributed by atoms with E-state index >= 15 is 0 Å². The van der Waals surface area contributed by atoms with Crippen LogP contribution >= 0.6 is 0 Å². The maximum atomic E-state index is 12.5. The van der Waals surface area contributed by atoms with Crippen LogP contribution in [0.4, 0.5) is 4.79 Å². The van der Waals surface area contributed by atoms with Gasteiger partial charge in [0, 0.05) is 30.4 Å². The predicted octanol–water partition coefficient (Wildman–Crippen LogP) is 1.80. The summed E-state index contributed by atoms with van der Waals surface area (Å²) in [6.45, 7) is 5.02. The second-order valence-corrected chi connectivity index (χ2v) is 8.77. The van der Waals surface area contributed by atoms with Gasteiger partial charge in [-0.2, -0.15) is 0 Å². The Morgan fingerprint density at radius 1 is 1.19 bits per heavy atom. The van der Waals surface area contributed by atoms with Crippen molar-refractivity contribution >= 4 is 33.1 Å². The highest BCUT2D eigenvalue weighted by molar-refractivity contribution is 7.89. The molecule has 2 heterocycles. The molecule has 0 spiro atoms. The van der Waals surface area contributed by atoms with Crippen molar-refractivity contribution in [3.8, 4) is 11.1 Å². The van der Waals surface area contributed by atoms with Gasteiger partial charge in [-0.15, -0.1) is 0 Å². The first-order chi connectivity index (χ1) is 15.2. The van der Waals surface area contributed by atoms with E-state index in [1.807, 2.05) is 6.07 Å². The molecular formula is C21H23N5O5S. The normalized spacial score (nSPS) is 11.3. The van der Waals surface area contributed by atoms with Crippen LogP contribution in [-0.4, -0.2) is 43.5 Å². The average molecular weight is 458 g/mol. The van der Waals surface area contributed by atoms with Crippen LogP contribution in [0.3, 0.4) is 0 Å². The molecule has 0 unspecified atom stereocenters. The number of ether oxygens (including phenoxy) is 1. The molecule has 10 nitrogen and oxygen atoms in total. The number of hydrogen-bond donors (Lipinski definition) is 4. The molecule has 0 saturated heterocycles. The summed E-state index contributed by atoms with van der Waals surface area (Å²) in [6, 6.07) is 9.97. The Labute approximate surface area is 184 Å². The van der Waals surface area contributed by atoms with E-state index in [1.165, 1.54) is 19.1 Å². The minimum atomic E-state index is -3.76. The number of carbonyl (C=O) groups excluding carboxylic acids is 2. The largest absolute Gasteiger partial charge is 0.416 e. The van der Waals surface area contributed by atoms with E-state index in [-0.39, 0.29) is 30.2 Å². The number of hydrogen-bond acceptors (Lipinski definition) is 6. The molecule has 3 rings (SSSR count). The predicted molar refractivity (Wildman–Crippen MR) is 119 cm³/mol. The molecule has 0 fully saturated rings. The van der Waals surface area contributed by atoms with E-state index in [4.69, 9.17) is 10.5 Å². The summed E-state index contributed by atoms with van der Waals surface area (Å²) < 4.78 is 32.1. The van der Waals surface area contributed by atoms with Crippen LogP contribution in [0.1, 0.15) is 12.6 Å². The first-order valence-corrected chi connectivity index (χ1v) is 11.1. The van der Waals surface area contributed by atoms with Crippen molar-refractivity contribution in [2.45, 2.75) is 18.2 Å².